The van der Waals surface area contributed by atoms with Crippen molar-refractivity contribution in [3.8, 4) is 0 Å². The zero-order valence-electron chi connectivity index (χ0n) is 12.9. The lowest BCUT2D eigenvalue weighted by Crippen LogP contribution is -2.39. The highest BCUT2D eigenvalue weighted by Crippen LogP contribution is 2.15. The summed E-state index contributed by atoms with van der Waals surface area (Å²) in [6, 6.07) is 4.82. The second-order valence-electron chi connectivity index (χ2n) is 5.88. The van der Waals surface area contributed by atoms with Gasteiger partial charge in [0.25, 0.3) is 5.56 Å². The van der Waals surface area contributed by atoms with Gasteiger partial charge in [-0.05, 0) is 38.0 Å². The summed E-state index contributed by atoms with van der Waals surface area (Å²) in [6.45, 7) is 3.40. The van der Waals surface area contributed by atoms with Crippen molar-refractivity contribution in [2.45, 2.75) is 38.6 Å². The molecule has 22 heavy (non-hydrogen) atoms. The molecule has 0 bridgehead atoms. The van der Waals surface area contributed by atoms with Crippen LogP contribution in [0, 0.1) is 0 Å². The van der Waals surface area contributed by atoms with Crippen molar-refractivity contribution in [1.29, 1.82) is 0 Å². The van der Waals surface area contributed by atoms with Crippen molar-refractivity contribution >= 4 is 16.8 Å². The van der Waals surface area contributed by atoms with Crippen molar-refractivity contribution in [2.24, 2.45) is 0 Å². The first-order chi connectivity index (χ1) is 10.7. The Morgan fingerprint density at radius 1 is 1.18 bits per heavy atom. The third kappa shape index (κ3) is 2.75. The Kier molecular flexibility index (Phi) is 4.22. The first-order valence-electron chi connectivity index (χ1n) is 7.93. The fourth-order valence-electron chi connectivity index (χ4n) is 3.07. The molecular weight excluding hydrogens is 278 g/mol. The number of carbonyl (C=O) groups is 1. The largest absolute Gasteiger partial charge is 0.341 e. The second kappa shape index (κ2) is 6.30. The van der Waals surface area contributed by atoms with Crippen molar-refractivity contribution in [3.63, 3.8) is 0 Å². The summed E-state index contributed by atoms with van der Waals surface area (Å²) in [5.74, 6) is 0.0345. The van der Waals surface area contributed by atoms with Gasteiger partial charge < -0.3 is 9.47 Å². The van der Waals surface area contributed by atoms with Crippen LogP contribution in [0.1, 0.15) is 38.6 Å². The van der Waals surface area contributed by atoms with Crippen LogP contribution >= 0.6 is 0 Å². The topological polar surface area (TPSA) is 55.2 Å². The molecule has 1 aliphatic heterocycles. The lowest BCUT2D eigenvalue weighted by atomic mass is 10.2. The molecule has 0 spiro atoms. The molecule has 0 radical (unpaired) electrons. The minimum Gasteiger partial charge on any atom is -0.341 e. The summed E-state index contributed by atoms with van der Waals surface area (Å²) in [5, 5.41) is 0.556. The number of aromatic nitrogens is 2. The molecule has 2 aromatic heterocycles. The van der Waals surface area contributed by atoms with Gasteiger partial charge >= 0.3 is 0 Å². The summed E-state index contributed by atoms with van der Waals surface area (Å²) in [6.07, 6.45) is 7.81. The third-order valence-electron chi connectivity index (χ3n) is 4.39. The molecule has 0 aromatic carbocycles. The molecule has 1 fully saturated rings. The Balaban J connectivity index is 1.91. The van der Waals surface area contributed by atoms with Crippen LogP contribution in [-0.2, 0) is 4.79 Å². The van der Waals surface area contributed by atoms with E-state index in [0.717, 1.165) is 25.9 Å². The first-order valence-corrected chi connectivity index (χ1v) is 7.93. The van der Waals surface area contributed by atoms with E-state index >= 15 is 0 Å². The standard InChI is InChI=1S/C17H21N3O2/c1-13(16(21)19-10-4-2-3-5-11-19)20-12-8-15-14(17(20)22)7-6-9-18-15/h6-9,12-13H,2-5,10-11H2,1H3/t13-/m1/s1. The maximum atomic E-state index is 12.7. The fourth-order valence-corrected chi connectivity index (χ4v) is 3.07. The van der Waals surface area contributed by atoms with Crippen molar-refractivity contribution in [3.05, 3.63) is 40.9 Å². The van der Waals surface area contributed by atoms with Gasteiger partial charge in [0.2, 0.25) is 5.91 Å². The van der Waals surface area contributed by atoms with Crippen LogP contribution in [0.3, 0.4) is 0 Å². The molecule has 0 N–H and O–H groups in total. The minimum absolute atomic E-state index is 0.0345. The maximum absolute atomic E-state index is 12.7. The van der Waals surface area contributed by atoms with E-state index in [4.69, 9.17) is 0 Å². The van der Waals surface area contributed by atoms with Crippen molar-refractivity contribution < 1.29 is 4.79 Å². The van der Waals surface area contributed by atoms with E-state index in [1.54, 1.807) is 37.5 Å². The fraction of sp³-hybridized carbons (Fsp3) is 0.471. The Morgan fingerprint density at radius 3 is 2.64 bits per heavy atom. The Hall–Kier alpha value is -2.17. The van der Waals surface area contributed by atoms with Gasteiger partial charge in [0.1, 0.15) is 6.04 Å². The number of carbonyl (C=O) groups excluding carboxylic acids is 1. The molecule has 5 heteroatoms. The normalized spacial score (nSPS) is 17.2. The molecule has 1 amide bonds. The van der Waals surface area contributed by atoms with Gasteiger partial charge in [0, 0.05) is 25.5 Å². The molecule has 0 aliphatic carbocycles. The number of nitrogens with zero attached hydrogens (tertiary/aromatic N) is 3. The minimum atomic E-state index is -0.477. The van der Waals surface area contributed by atoms with E-state index in [-0.39, 0.29) is 11.5 Å². The van der Waals surface area contributed by atoms with Gasteiger partial charge in [-0.2, -0.15) is 0 Å². The summed E-state index contributed by atoms with van der Waals surface area (Å²) in [5.41, 5.74) is 0.513. The maximum Gasteiger partial charge on any atom is 0.260 e. The number of pyridine rings is 2. The zero-order chi connectivity index (χ0) is 15.5. The lowest BCUT2D eigenvalue weighted by Gasteiger charge is -2.25. The SMILES string of the molecule is C[C@H](C(=O)N1CCCCCC1)n1ccc2ncccc2c1=O. The second-order valence-corrected chi connectivity index (χ2v) is 5.88. The summed E-state index contributed by atoms with van der Waals surface area (Å²) in [4.78, 5) is 31.3. The van der Waals surface area contributed by atoms with Gasteiger partial charge in [-0.15, -0.1) is 0 Å². The van der Waals surface area contributed by atoms with Crippen LogP contribution in [0.5, 0.6) is 0 Å². The van der Waals surface area contributed by atoms with E-state index in [1.807, 2.05) is 4.90 Å². The predicted molar refractivity (Wildman–Crippen MR) is 85.8 cm³/mol. The van der Waals surface area contributed by atoms with Gasteiger partial charge in [-0.25, -0.2) is 0 Å². The van der Waals surface area contributed by atoms with E-state index in [9.17, 15) is 9.59 Å². The molecule has 1 saturated heterocycles. The average Bonchev–Trinajstić information content (AvgIpc) is 2.83. The molecule has 1 aliphatic rings. The molecule has 2 aromatic rings. The van der Waals surface area contributed by atoms with Crippen LogP contribution in [-0.4, -0.2) is 33.4 Å². The zero-order valence-corrected chi connectivity index (χ0v) is 12.9. The smallest absolute Gasteiger partial charge is 0.260 e. The van der Waals surface area contributed by atoms with Gasteiger partial charge in [-0.3, -0.25) is 14.6 Å². The highest BCUT2D eigenvalue weighted by molar-refractivity contribution is 5.81. The van der Waals surface area contributed by atoms with Crippen molar-refractivity contribution in [2.75, 3.05) is 13.1 Å². The number of amides is 1. The Labute approximate surface area is 129 Å². The monoisotopic (exact) mass is 299 g/mol. The molecular formula is C17H21N3O2. The highest BCUT2D eigenvalue weighted by atomic mass is 16.2. The van der Waals surface area contributed by atoms with Crippen LogP contribution in [0.25, 0.3) is 10.9 Å². The van der Waals surface area contributed by atoms with Crippen LogP contribution in [0.15, 0.2) is 35.4 Å². The van der Waals surface area contributed by atoms with Gasteiger partial charge in [0.05, 0.1) is 10.9 Å². The van der Waals surface area contributed by atoms with Crippen LogP contribution in [0.2, 0.25) is 0 Å². The summed E-state index contributed by atoms with van der Waals surface area (Å²) in [7, 11) is 0. The Bertz CT molecular complexity index is 730. The molecule has 3 heterocycles. The first kappa shape index (κ1) is 14.8. The van der Waals surface area contributed by atoms with E-state index in [2.05, 4.69) is 4.98 Å². The predicted octanol–water partition coefficient (Wildman–Crippen LogP) is 2.36. The molecule has 3 rings (SSSR count). The van der Waals surface area contributed by atoms with Crippen LogP contribution in [0.4, 0.5) is 0 Å². The highest BCUT2D eigenvalue weighted by Gasteiger charge is 2.23. The van der Waals surface area contributed by atoms with E-state index < -0.39 is 6.04 Å². The number of rotatable bonds is 2. The van der Waals surface area contributed by atoms with Gasteiger partial charge in [-0.1, -0.05) is 12.8 Å². The molecule has 0 unspecified atom stereocenters. The molecule has 5 nitrogen and oxygen atoms in total. The van der Waals surface area contributed by atoms with E-state index in [1.165, 1.54) is 17.4 Å². The van der Waals surface area contributed by atoms with Crippen LogP contribution < -0.4 is 5.56 Å². The summed E-state index contributed by atoms with van der Waals surface area (Å²) < 4.78 is 1.53. The lowest BCUT2D eigenvalue weighted by molar-refractivity contribution is -0.134. The number of hydrogen-bond donors (Lipinski definition) is 0. The number of fused-ring (bicyclic) bond motifs is 1. The van der Waals surface area contributed by atoms with Crippen molar-refractivity contribution in [1.82, 2.24) is 14.5 Å². The average molecular weight is 299 g/mol. The number of hydrogen-bond acceptors (Lipinski definition) is 3. The molecule has 0 saturated carbocycles. The molecule has 116 valence electrons. The van der Waals surface area contributed by atoms with Gasteiger partial charge in [0.15, 0.2) is 0 Å². The van der Waals surface area contributed by atoms with E-state index in [0.29, 0.717) is 10.9 Å². The number of likely N-dealkylation sites (tertiary alicyclic amines) is 1. The quantitative estimate of drug-likeness (QED) is 0.855. The summed E-state index contributed by atoms with van der Waals surface area (Å²) >= 11 is 0. The third-order valence-corrected chi connectivity index (χ3v) is 4.39. The Morgan fingerprint density at radius 2 is 1.91 bits per heavy atom. The molecule has 1 atom stereocenters.